The van der Waals surface area contributed by atoms with E-state index in [2.05, 4.69) is 100 Å². The summed E-state index contributed by atoms with van der Waals surface area (Å²) >= 11 is 0. The van der Waals surface area contributed by atoms with Gasteiger partial charge < -0.3 is 0 Å². The molecule has 1 unspecified atom stereocenters. The van der Waals surface area contributed by atoms with Crippen molar-refractivity contribution in [3.63, 3.8) is 0 Å². The molecule has 196 valence electrons. The number of benzene rings is 1. The summed E-state index contributed by atoms with van der Waals surface area (Å²) in [6.07, 6.45) is 11.0. The first-order valence-electron chi connectivity index (χ1n) is 13.9. The van der Waals surface area contributed by atoms with Crippen LogP contribution in [-0.2, 0) is 0 Å². The van der Waals surface area contributed by atoms with Crippen molar-refractivity contribution in [1.29, 1.82) is 0 Å². The predicted octanol–water partition coefficient (Wildman–Crippen LogP) is 11.8. The second kappa shape index (κ2) is 18.7. The first-order valence-corrected chi connectivity index (χ1v) is 13.9. The van der Waals surface area contributed by atoms with E-state index in [1.165, 1.54) is 66.4 Å². The average Bonchev–Trinajstić information content (AvgIpc) is 2.81. The van der Waals surface area contributed by atoms with Gasteiger partial charge in [0.05, 0.1) is 0 Å². The predicted molar refractivity (Wildman–Crippen MR) is 160 cm³/mol. The van der Waals surface area contributed by atoms with E-state index in [1.54, 1.807) is 0 Å². The van der Waals surface area contributed by atoms with E-state index in [-0.39, 0.29) is 0 Å². The molecule has 0 N–H and O–H groups in total. The molecule has 0 amide bonds. The molecule has 0 aliphatic heterocycles. The lowest BCUT2D eigenvalue weighted by Crippen LogP contribution is -2.26. The van der Waals surface area contributed by atoms with Crippen LogP contribution in [0, 0.1) is 31.1 Å². The number of aryl methyl sites for hydroxylation is 1. The highest BCUT2D eigenvalue weighted by atomic mass is 14.4. The van der Waals surface area contributed by atoms with Crippen molar-refractivity contribution in [3.05, 3.63) is 71.8 Å². The zero-order valence-electron chi connectivity index (χ0n) is 25.1. The average molecular weight is 469 g/mol. The molecule has 0 bridgehead atoms. The van der Waals surface area contributed by atoms with Gasteiger partial charge in [-0.25, -0.2) is 0 Å². The van der Waals surface area contributed by atoms with E-state index >= 15 is 0 Å². The van der Waals surface area contributed by atoms with Gasteiger partial charge in [0, 0.05) is 5.92 Å². The van der Waals surface area contributed by atoms with Crippen LogP contribution in [0.1, 0.15) is 130 Å². The summed E-state index contributed by atoms with van der Waals surface area (Å²) in [5, 5.41) is 0. The Morgan fingerprint density at radius 3 is 1.85 bits per heavy atom. The minimum atomic E-state index is 0.338. The van der Waals surface area contributed by atoms with Crippen molar-refractivity contribution in [2.24, 2.45) is 17.3 Å². The van der Waals surface area contributed by atoms with Gasteiger partial charge in [-0.05, 0) is 74.0 Å². The smallest absolute Gasteiger partial charge is 0.00386 e. The van der Waals surface area contributed by atoms with Crippen LogP contribution < -0.4 is 0 Å². The fraction of sp³-hybridized carbons (Fsp3) is 0.647. The van der Waals surface area contributed by atoms with Gasteiger partial charge in [0.1, 0.15) is 0 Å². The Labute approximate surface area is 216 Å². The maximum Gasteiger partial charge on any atom is 0.00386 e. The molecular formula is C34H60. The molecule has 34 heavy (non-hydrogen) atoms. The molecule has 1 fully saturated rings. The fourth-order valence-corrected chi connectivity index (χ4v) is 4.28. The lowest BCUT2D eigenvalue weighted by molar-refractivity contribution is 0.250. The van der Waals surface area contributed by atoms with Gasteiger partial charge in [-0.1, -0.05) is 130 Å². The first-order chi connectivity index (χ1) is 15.9. The lowest BCUT2D eigenvalue weighted by Gasteiger charge is -2.39. The zero-order valence-corrected chi connectivity index (χ0v) is 25.1. The normalized spacial score (nSPS) is 15.0. The molecule has 0 spiro atoms. The standard InChI is InChI=1S/C16H26.C11H16.C5H12.C2H6/c1-6-10-15(13(2)3)14(4)16(5)11-8-7-9-12-16;1-8(2)11-7-5-6-9(3)10(11)4;1-4-5(2)3;1-2/h6,15H,1-2,4,7-12H2,3,5H3;5-8H,1-4H3;5H,4H2,1-3H3;1-2H3. The molecule has 1 saturated carbocycles. The number of hydrogen-bond donors (Lipinski definition) is 0. The summed E-state index contributed by atoms with van der Waals surface area (Å²) < 4.78 is 0. The van der Waals surface area contributed by atoms with E-state index in [4.69, 9.17) is 0 Å². The zero-order chi connectivity index (χ0) is 26.9. The van der Waals surface area contributed by atoms with Crippen molar-refractivity contribution >= 4 is 0 Å². The molecule has 2 rings (SSSR count). The van der Waals surface area contributed by atoms with Crippen molar-refractivity contribution in [2.75, 3.05) is 0 Å². The molecule has 1 aromatic rings. The second-order valence-electron chi connectivity index (χ2n) is 10.8. The van der Waals surface area contributed by atoms with Gasteiger partial charge >= 0.3 is 0 Å². The molecule has 1 aliphatic carbocycles. The van der Waals surface area contributed by atoms with Crippen molar-refractivity contribution in [2.45, 2.75) is 127 Å². The molecule has 0 radical (unpaired) electrons. The van der Waals surface area contributed by atoms with Gasteiger partial charge in [-0.15, -0.1) is 6.58 Å². The third-order valence-electron chi connectivity index (χ3n) is 7.24. The van der Waals surface area contributed by atoms with Crippen LogP contribution in [0.2, 0.25) is 0 Å². The lowest BCUT2D eigenvalue weighted by atomic mass is 9.66. The van der Waals surface area contributed by atoms with Gasteiger partial charge in [-0.2, -0.15) is 0 Å². The summed E-state index contributed by atoms with van der Waals surface area (Å²) in [4.78, 5) is 0. The van der Waals surface area contributed by atoms with E-state index in [9.17, 15) is 0 Å². The van der Waals surface area contributed by atoms with Gasteiger partial charge in [0.2, 0.25) is 0 Å². The number of allylic oxidation sites excluding steroid dienone is 3. The third-order valence-corrected chi connectivity index (χ3v) is 7.24. The summed E-state index contributed by atoms with van der Waals surface area (Å²) in [7, 11) is 0. The molecule has 0 saturated heterocycles. The van der Waals surface area contributed by atoms with Crippen molar-refractivity contribution < 1.29 is 0 Å². The summed E-state index contributed by atoms with van der Waals surface area (Å²) in [6, 6.07) is 6.52. The van der Waals surface area contributed by atoms with E-state index in [0.717, 1.165) is 12.3 Å². The van der Waals surface area contributed by atoms with Gasteiger partial charge in [0.15, 0.2) is 0 Å². The van der Waals surface area contributed by atoms with Crippen LogP contribution in [0.5, 0.6) is 0 Å². The maximum absolute atomic E-state index is 4.38. The molecule has 0 aromatic heterocycles. The van der Waals surface area contributed by atoms with Crippen LogP contribution in [0.25, 0.3) is 0 Å². The Bertz CT molecular complexity index is 695. The molecule has 1 aliphatic rings. The van der Waals surface area contributed by atoms with Crippen molar-refractivity contribution in [1.82, 2.24) is 0 Å². The third kappa shape index (κ3) is 12.8. The Kier molecular flexibility index (Phi) is 19.1. The highest BCUT2D eigenvalue weighted by molar-refractivity contribution is 5.34. The molecule has 0 nitrogen and oxygen atoms in total. The Hall–Kier alpha value is -1.56. The number of rotatable bonds is 7. The molecule has 1 aromatic carbocycles. The Balaban J connectivity index is 0. The van der Waals surface area contributed by atoms with E-state index in [1.807, 2.05) is 19.9 Å². The van der Waals surface area contributed by atoms with Crippen LogP contribution in [-0.4, -0.2) is 0 Å². The molecule has 1 atom stereocenters. The highest BCUT2D eigenvalue weighted by Gasteiger charge is 2.33. The monoisotopic (exact) mass is 468 g/mol. The van der Waals surface area contributed by atoms with E-state index in [0.29, 0.717) is 17.3 Å². The maximum atomic E-state index is 4.38. The Morgan fingerprint density at radius 2 is 1.50 bits per heavy atom. The summed E-state index contributed by atoms with van der Waals surface area (Å²) in [5.74, 6) is 1.96. The van der Waals surface area contributed by atoms with Gasteiger partial charge in [0.25, 0.3) is 0 Å². The fourth-order valence-electron chi connectivity index (χ4n) is 4.28. The van der Waals surface area contributed by atoms with Crippen molar-refractivity contribution in [3.8, 4) is 0 Å². The quantitative estimate of drug-likeness (QED) is 0.349. The van der Waals surface area contributed by atoms with Crippen LogP contribution >= 0.6 is 0 Å². The van der Waals surface area contributed by atoms with Crippen LogP contribution in [0.4, 0.5) is 0 Å². The minimum absolute atomic E-state index is 0.338. The SMILES string of the molecule is C=CCC(C(=C)C)C(=C)C1(C)CCCCC1.CC.CCC(C)C.Cc1cccc(C(C)C)c1C. The molecular weight excluding hydrogens is 408 g/mol. The van der Waals surface area contributed by atoms with Gasteiger partial charge in [-0.3, -0.25) is 0 Å². The van der Waals surface area contributed by atoms with Crippen LogP contribution in [0.15, 0.2) is 55.2 Å². The van der Waals surface area contributed by atoms with E-state index < -0.39 is 0 Å². The number of hydrogen-bond acceptors (Lipinski definition) is 0. The summed E-state index contributed by atoms with van der Waals surface area (Å²) in [6.45, 7) is 36.3. The highest BCUT2D eigenvalue weighted by Crippen LogP contribution is 2.46. The largest absolute Gasteiger partial charge is 0.103 e. The molecule has 0 heteroatoms. The minimum Gasteiger partial charge on any atom is -0.103 e. The summed E-state index contributed by atoms with van der Waals surface area (Å²) in [5.41, 5.74) is 7.28. The Morgan fingerprint density at radius 1 is 1.00 bits per heavy atom. The first kappa shape index (κ1) is 34.6. The van der Waals surface area contributed by atoms with Crippen LogP contribution in [0.3, 0.4) is 0 Å². The second-order valence-corrected chi connectivity index (χ2v) is 10.8. The molecule has 0 heterocycles. The topological polar surface area (TPSA) is 0 Å².